The number of hydrogen-bond donors (Lipinski definition) is 4. The molecule has 0 bridgehead atoms. The van der Waals surface area contributed by atoms with E-state index in [0.29, 0.717) is 19.3 Å². The van der Waals surface area contributed by atoms with Gasteiger partial charge in [-0.25, -0.2) is 9.13 Å². The van der Waals surface area contributed by atoms with Gasteiger partial charge in [-0.2, -0.15) is 0 Å². The van der Waals surface area contributed by atoms with Crippen molar-refractivity contribution >= 4 is 33.6 Å². The van der Waals surface area contributed by atoms with E-state index in [4.69, 9.17) is 32.3 Å². The zero-order chi connectivity index (χ0) is 70.9. The van der Waals surface area contributed by atoms with Crippen LogP contribution in [0.25, 0.3) is 0 Å². The minimum atomic E-state index is -4.93. The molecule has 0 saturated heterocycles. The maximum Gasteiger partial charge on any atom is 0.472 e. The highest BCUT2D eigenvalue weighted by molar-refractivity contribution is 7.47. The lowest BCUT2D eigenvalue weighted by Crippen LogP contribution is -2.30. The lowest BCUT2D eigenvalue weighted by Gasteiger charge is -2.21. The molecular formula is C79H138O16P2. The molecule has 0 saturated carbocycles. The van der Waals surface area contributed by atoms with E-state index in [9.17, 15) is 43.5 Å². The number of hydrogen-bond acceptors (Lipinski definition) is 14. The first-order valence-corrected chi connectivity index (χ1v) is 41.2. The van der Waals surface area contributed by atoms with Gasteiger partial charge < -0.3 is 34.2 Å². The summed E-state index contributed by atoms with van der Waals surface area (Å²) in [7, 11) is -9.78. The number of allylic oxidation sites excluding steroid dienone is 18. The third kappa shape index (κ3) is 73.3. The van der Waals surface area contributed by atoms with Crippen molar-refractivity contribution in [1.82, 2.24) is 0 Å². The molecule has 4 N–H and O–H groups in total. The lowest BCUT2D eigenvalue weighted by molar-refractivity contribution is -0.161. The van der Waals surface area contributed by atoms with Crippen molar-refractivity contribution in [2.45, 2.75) is 334 Å². The molecular weight excluding hydrogens is 1270 g/mol. The number of phosphoric ester groups is 2. The third-order valence-corrected chi connectivity index (χ3v) is 17.9. The number of phosphoric acid groups is 2. The fraction of sp³-hybridized carbons (Fsp3) is 0.734. The topological polar surface area (TPSA) is 231 Å². The van der Waals surface area contributed by atoms with Gasteiger partial charge >= 0.3 is 33.6 Å². The van der Waals surface area contributed by atoms with Gasteiger partial charge in [0.25, 0.3) is 0 Å². The van der Waals surface area contributed by atoms with Gasteiger partial charge in [0, 0.05) is 19.3 Å². The van der Waals surface area contributed by atoms with Gasteiger partial charge in [0.15, 0.2) is 6.10 Å². The van der Waals surface area contributed by atoms with Gasteiger partial charge in [0.2, 0.25) is 0 Å². The molecule has 5 atom stereocenters. The summed E-state index contributed by atoms with van der Waals surface area (Å²) in [5.74, 6) is -1.59. The average Bonchev–Trinajstić information content (AvgIpc) is 1.63. The number of carbonyl (C=O) groups excluding carboxylic acids is 3. The van der Waals surface area contributed by atoms with Crippen LogP contribution in [0, 0.1) is 0 Å². The van der Waals surface area contributed by atoms with Crippen molar-refractivity contribution in [3.8, 4) is 0 Å². The first-order chi connectivity index (χ1) is 47.2. The Labute approximate surface area is 590 Å². The van der Waals surface area contributed by atoms with E-state index in [2.05, 4.69) is 130 Å². The van der Waals surface area contributed by atoms with Gasteiger partial charge in [-0.05, 0) is 109 Å². The van der Waals surface area contributed by atoms with Gasteiger partial charge in [0.05, 0.1) is 26.4 Å². The summed E-state index contributed by atoms with van der Waals surface area (Å²) in [6, 6.07) is 0. The maximum absolute atomic E-state index is 12.9. The minimum Gasteiger partial charge on any atom is -0.463 e. The number of esters is 3. The standard InChI is InChI=1S/C79H138O16P2/c1-4-7-10-13-16-19-22-25-27-29-31-33-34-35-36-37-38-40-42-43-45-48-50-53-56-59-62-65-77(82)89-68-74(80)69-91-96(85,86)92-70-75(81)71-93-97(87,88)94-73-76(95-79(84)67-64-61-58-55-52-47-24-21-18-15-12-9-6-3)72-90-78(83)66-63-60-57-54-51-49-46-44-41-39-32-30-28-26-23-20-17-14-11-8-5-2/h7,10,16-17,19-20,25-28,31-33,35-36,39,44,46,74-76,80-81H,4-6,8-9,11-15,18,21-24,29-30,34,37-38,40-43,45,47-73H2,1-3H3,(H,85,86)(H,87,88)/b10-7-,19-16-,20-17-,27-25-,28-26-,33-31-,36-35-,39-32-,46-44-. The molecule has 0 aliphatic rings. The fourth-order valence-corrected chi connectivity index (χ4v) is 11.8. The Balaban J connectivity index is 4.54. The molecule has 0 heterocycles. The Kier molecular flexibility index (Phi) is 69.2. The molecule has 0 radical (unpaired) electrons. The molecule has 0 aromatic heterocycles. The van der Waals surface area contributed by atoms with Crippen LogP contribution in [0.2, 0.25) is 0 Å². The van der Waals surface area contributed by atoms with Crippen LogP contribution in [0.15, 0.2) is 109 Å². The van der Waals surface area contributed by atoms with Gasteiger partial charge in [0.1, 0.15) is 25.4 Å². The van der Waals surface area contributed by atoms with E-state index in [1.54, 1.807) is 0 Å². The molecule has 0 aliphatic carbocycles. The van der Waals surface area contributed by atoms with Crippen molar-refractivity contribution in [1.29, 1.82) is 0 Å². The number of unbranched alkanes of at least 4 members (excludes halogenated alkanes) is 31. The van der Waals surface area contributed by atoms with Crippen molar-refractivity contribution in [2.24, 2.45) is 0 Å². The number of ether oxygens (including phenoxy) is 3. The molecule has 0 aliphatic heterocycles. The van der Waals surface area contributed by atoms with Crippen LogP contribution in [0.5, 0.6) is 0 Å². The molecule has 97 heavy (non-hydrogen) atoms. The summed E-state index contributed by atoms with van der Waals surface area (Å²) >= 11 is 0. The van der Waals surface area contributed by atoms with E-state index in [1.807, 2.05) is 0 Å². The van der Waals surface area contributed by atoms with E-state index < -0.39 is 91.5 Å². The van der Waals surface area contributed by atoms with Crippen LogP contribution in [0.4, 0.5) is 0 Å². The summed E-state index contributed by atoms with van der Waals surface area (Å²) in [5, 5.41) is 20.6. The van der Waals surface area contributed by atoms with Gasteiger partial charge in [-0.1, -0.05) is 297 Å². The smallest absolute Gasteiger partial charge is 0.463 e. The van der Waals surface area contributed by atoms with Crippen LogP contribution >= 0.6 is 15.6 Å². The van der Waals surface area contributed by atoms with Crippen LogP contribution in [-0.4, -0.2) is 95.9 Å². The first kappa shape index (κ1) is 93.2. The predicted octanol–water partition coefficient (Wildman–Crippen LogP) is 22.0. The monoisotopic (exact) mass is 1400 g/mol. The molecule has 0 fully saturated rings. The van der Waals surface area contributed by atoms with E-state index >= 15 is 0 Å². The molecule has 18 heteroatoms. The Hall–Kier alpha value is -3.79. The van der Waals surface area contributed by atoms with Crippen molar-refractivity contribution in [3.63, 3.8) is 0 Å². The maximum atomic E-state index is 12.9. The van der Waals surface area contributed by atoms with Gasteiger partial charge in [-0.15, -0.1) is 0 Å². The summed E-state index contributed by atoms with van der Waals surface area (Å²) in [6.45, 7) is 2.53. The number of aliphatic hydroxyl groups excluding tert-OH is 2. The van der Waals surface area contributed by atoms with Crippen LogP contribution in [0.1, 0.15) is 316 Å². The minimum absolute atomic E-state index is 0.103. The molecule has 0 aromatic rings. The highest BCUT2D eigenvalue weighted by Crippen LogP contribution is 2.45. The number of rotatable bonds is 72. The van der Waals surface area contributed by atoms with Crippen LogP contribution in [0.3, 0.4) is 0 Å². The molecule has 16 nitrogen and oxygen atoms in total. The summed E-state index contributed by atoms with van der Waals surface area (Å²) < 4.78 is 61.1. The van der Waals surface area contributed by atoms with Crippen molar-refractivity contribution < 1.29 is 75.8 Å². The quantitative estimate of drug-likeness (QED) is 0.0146. The van der Waals surface area contributed by atoms with E-state index in [1.165, 1.54) is 122 Å². The van der Waals surface area contributed by atoms with E-state index in [0.717, 1.165) is 135 Å². The largest absolute Gasteiger partial charge is 0.472 e. The fourth-order valence-electron chi connectivity index (χ4n) is 10.2. The first-order valence-electron chi connectivity index (χ1n) is 38.2. The predicted molar refractivity (Wildman–Crippen MR) is 399 cm³/mol. The lowest BCUT2D eigenvalue weighted by atomic mass is 10.0. The van der Waals surface area contributed by atoms with Crippen molar-refractivity contribution in [3.05, 3.63) is 109 Å². The average molecular weight is 1410 g/mol. The third-order valence-electron chi connectivity index (χ3n) is 16.0. The Morgan fingerprint density at radius 3 is 0.887 bits per heavy atom. The highest BCUT2D eigenvalue weighted by Gasteiger charge is 2.29. The molecule has 0 spiro atoms. The zero-order valence-electron chi connectivity index (χ0n) is 61.0. The van der Waals surface area contributed by atoms with Gasteiger partial charge in [-0.3, -0.25) is 32.5 Å². The molecule has 5 unspecified atom stereocenters. The second-order valence-corrected chi connectivity index (χ2v) is 28.3. The van der Waals surface area contributed by atoms with Crippen LogP contribution < -0.4 is 0 Å². The van der Waals surface area contributed by atoms with E-state index in [-0.39, 0.29) is 19.3 Å². The number of carbonyl (C=O) groups is 3. The normalized spacial score (nSPS) is 14.7. The molecule has 560 valence electrons. The second kappa shape index (κ2) is 72.0. The zero-order valence-corrected chi connectivity index (χ0v) is 62.8. The molecule has 0 rings (SSSR count). The Morgan fingerprint density at radius 2 is 0.546 bits per heavy atom. The molecule has 0 aromatic carbocycles. The van der Waals surface area contributed by atoms with Crippen LogP contribution in [-0.2, 0) is 55.8 Å². The SMILES string of the molecule is CC/C=C\C/C=C\C/C=C\C/C=C\C/C=C\CCCCCCCCCCCCCC(=O)OCC(O)COP(=O)(O)OCC(O)COP(=O)(O)OCC(COC(=O)CCCCCCC/C=C\C/C=C\C/C=C\C/C=C\CCCCC)OC(=O)CCCCCCCCCCCCCCC. The summed E-state index contributed by atoms with van der Waals surface area (Å²) in [5.41, 5.74) is 0. The summed E-state index contributed by atoms with van der Waals surface area (Å²) in [4.78, 5) is 58.5. The Morgan fingerprint density at radius 1 is 0.299 bits per heavy atom. The van der Waals surface area contributed by atoms with Crippen molar-refractivity contribution in [2.75, 3.05) is 39.6 Å². The summed E-state index contributed by atoms with van der Waals surface area (Å²) in [6.07, 6.45) is 82.8. The second-order valence-electron chi connectivity index (χ2n) is 25.4. The highest BCUT2D eigenvalue weighted by atomic mass is 31.2. The Bertz CT molecular complexity index is 2200. The number of aliphatic hydroxyl groups is 2. The molecule has 0 amide bonds.